The molecule has 1 amide bonds. The Bertz CT molecular complexity index is 1170. The number of nitrogens with zero attached hydrogens (tertiary/aromatic N) is 6. The number of carbonyl (C=O) groups excluding carboxylic acids is 1. The number of anilines is 2. The fraction of sp³-hybridized carbons (Fsp3) is 0.440. The molecule has 3 aromatic rings. The second kappa shape index (κ2) is 7.52. The molecule has 32 heavy (non-hydrogen) atoms. The smallest absolute Gasteiger partial charge is 0.254 e. The number of aryl methyl sites for hydroxylation is 1. The van der Waals surface area contributed by atoms with Crippen molar-refractivity contribution in [3.8, 4) is 0 Å². The monoisotopic (exact) mass is 430 g/mol. The second-order valence-corrected chi connectivity index (χ2v) is 9.60. The molecule has 1 aromatic carbocycles. The van der Waals surface area contributed by atoms with Gasteiger partial charge in [0.15, 0.2) is 0 Å². The molecule has 0 bridgehead atoms. The van der Waals surface area contributed by atoms with Crippen LogP contribution in [0.2, 0.25) is 0 Å². The van der Waals surface area contributed by atoms with Gasteiger partial charge in [0.1, 0.15) is 5.65 Å². The van der Waals surface area contributed by atoms with Gasteiger partial charge in [0.25, 0.3) is 5.91 Å². The van der Waals surface area contributed by atoms with Crippen LogP contribution in [0.3, 0.4) is 0 Å². The van der Waals surface area contributed by atoms with E-state index in [0.717, 1.165) is 62.9 Å². The zero-order chi connectivity index (χ0) is 21.8. The number of carbonyl (C=O) groups is 1. The quantitative estimate of drug-likeness (QED) is 0.637. The Balaban J connectivity index is 1.02. The second-order valence-electron chi connectivity index (χ2n) is 9.60. The molecule has 2 fully saturated rings. The Hall–Kier alpha value is -3.06. The number of aromatic nitrogens is 2. The number of piperazine rings is 1. The lowest BCUT2D eigenvalue weighted by Gasteiger charge is -2.45. The van der Waals surface area contributed by atoms with Crippen LogP contribution in [0.25, 0.3) is 5.65 Å². The first-order chi connectivity index (χ1) is 15.5. The van der Waals surface area contributed by atoms with Gasteiger partial charge in [0, 0.05) is 95.2 Å². The van der Waals surface area contributed by atoms with Gasteiger partial charge in [0.2, 0.25) is 0 Å². The van der Waals surface area contributed by atoms with Crippen LogP contribution in [0.5, 0.6) is 0 Å². The van der Waals surface area contributed by atoms with Crippen LogP contribution in [0.15, 0.2) is 42.9 Å². The Kier molecular flexibility index (Phi) is 4.61. The number of hydrogen-bond donors (Lipinski definition) is 0. The van der Waals surface area contributed by atoms with Gasteiger partial charge in [0.05, 0.1) is 5.69 Å². The van der Waals surface area contributed by atoms with Crippen LogP contribution in [0.1, 0.15) is 21.5 Å². The van der Waals surface area contributed by atoms with E-state index in [2.05, 4.69) is 55.4 Å². The van der Waals surface area contributed by atoms with Crippen LogP contribution >= 0.6 is 0 Å². The zero-order valence-corrected chi connectivity index (χ0v) is 18.9. The molecule has 0 atom stereocenters. The fourth-order valence-electron chi connectivity index (χ4n) is 5.46. The summed E-state index contributed by atoms with van der Waals surface area (Å²) in [5.41, 5.74) is 6.94. The molecule has 166 valence electrons. The van der Waals surface area contributed by atoms with E-state index in [1.807, 2.05) is 25.5 Å². The minimum Gasteiger partial charge on any atom is -0.371 e. The summed E-state index contributed by atoms with van der Waals surface area (Å²) in [6, 6.07) is 8.51. The van der Waals surface area contributed by atoms with Crippen molar-refractivity contribution in [1.82, 2.24) is 19.2 Å². The topological polar surface area (TPSA) is 47.3 Å². The molecule has 5 heterocycles. The van der Waals surface area contributed by atoms with Gasteiger partial charge in [-0.05, 0) is 42.3 Å². The van der Waals surface area contributed by atoms with Crippen molar-refractivity contribution < 1.29 is 4.79 Å². The van der Waals surface area contributed by atoms with Gasteiger partial charge in [-0.25, -0.2) is 4.98 Å². The third kappa shape index (κ3) is 3.32. The van der Waals surface area contributed by atoms with Crippen LogP contribution in [0.4, 0.5) is 11.4 Å². The van der Waals surface area contributed by atoms with Crippen molar-refractivity contribution in [1.29, 1.82) is 0 Å². The highest BCUT2D eigenvalue weighted by Gasteiger charge is 2.31. The Labute approximate surface area is 188 Å². The van der Waals surface area contributed by atoms with Crippen molar-refractivity contribution in [3.63, 3.8) is 0 Å². The molecule has 3 aliphatic heterocycles. The molecule has 0 saturated carbocycles. The molecule has 0 unspecified atom stereocenters. The number of fused-ring (bicyclic) bond motifs is 2. The van der Waals surface area contributed by atoms with Gasteiger partial charge >= 0.3 is 0 Å². The van der Waals surface area contributed by atoms with E-state index in [4.69, 9.17) is 0 Å². The highest BCUT2D eigenvalue weighted by Crippen LogP contribution is 2.31. The number of hydrogen-bond acceptors (Lipinski definition) is 5. The summed E-state index contributed by atoms with van der Waals surface area (Å²) in [7, 11) is 1.87. The lowest BCUT2D eigenvalue weighted by atomic mass is 9.97. The van der Waals surface area contributed by atoms with E-state index < -0.39 is 0 Å². The SMILES string of the molecule is Cc1cc2nccn2cc1N1CCN(CC2CN(c3ccc4c(c3)CN(C)C4=O)C2)CC1. The molecular weight excluding hydrogens is 400 g/mol. The molecule has 0 aliphatic carbocycles. The van der Waals surface area contributed by atoms with E-state index in [0.29, 0.717) is 0 Å². The van der Waals surface area contributed by atoms with Crippen LogP contribution in [-0.4, -0.2) is 78.0 Å². The minimum atomic E-state index is 0.146. The van der Waals surface area contributed by atoms with Crippen molar-refractivity contribution in [2.45, 2.75) is 13.5 Å². The third-order valence-corrected chi connectivity index (χ3v) is 7.33. The summed E-state index contributed by atoms with van der Waals surface area (Å²) in [4.78, 5) is 25.9. The Morgan fingerprint density at radius 1 is 1.06 bits per heavy atom. The van der Waals surface area contributed by atoms with Crippen molar-refractivity contribution in [3.05, 3.63) is 59.5 Å². The molecule has 0 N–H and O–H groups in total. The largest absolute Gasteiger partial charge is 0.371 e. The molecule has 0 radical (unpaired) electrons. The average molecular weight is 431 g/mol. The zero-order valence-electron chi connectivity index (χ0n) is 18.9. The number of amides is 1. The summed E-state index contributed by atoms with van der Waals surface area (Å²) < 4.78 is 2.12. The maximum Gasteiger partial charge on any atom is 0.254 e. The number of imidazole rings is 1. The molecule has 2 aromatic heterocycles. The van der Waals surface area contributed by atoms with E-state index in [1.165, 1.54) is 29.0 Å². The third-order valence-electron chi connectivity index (χ3n) is 7.33. The molecular formula is C25H30N6O. The summed E-state index contributed by atoms with van der Waals surface area (Å²) in [6.45, 7) is 10.7. The fourth-order valence-corrected chi connectivity index (χ4v) is 5.46. The van der Waals surface area contributed by atoms with Crippen LogP contribution in [0, 0.1) is 12.8 Å². The maximum atomic E-state index is 12.1. The molecule has 0 spiro atoms. The van der Waals surface area contributed by atoms with Crippen LogP contribution in [-0.2, 0) is 6.54 Å². The predicted octanol–water partition coefficient (Wildman–Crippen LogP) is 2.49. The van der Waals surface area contributed by atoms with Crippen molar-refractivity contribution in [2.75, 3.05) is 62.7 Å². The highest BCUT2D eigenvalue weighted by molar-refractivity contribution is 5.98. The predicted molar refractivity (Wildman–Crippen MR) is 127 cm³/mol. The molecule has 3 aliphatic rings. The minimum absolute atomic E-state index is 0.146. The number of pyridine rings is 1. The lowest BCUT2D eigenvalue weighted by molar-refractivity contribution is 0.0816. The number of benzene rings is 1. The summed E-state index contributed by atoms with van der Waals surface area (Å²) in [5.74, 6) is 0.871. The first kappa shape index (κ1) is 19.6. The first-order valence-corrected chi connectivity index (χ1v) is 11.6. The number of rotatable bonds is 4. The van der Waals surface area contributed by atoms with Crippen molar-refractivity contribution in [2.24, 2.45) is 5.92 Å². The molecule has 7 nitrogen and oxygen atoms in total. The van der Waals surface area contributed by atoms with E-state index in [1.54, 1.807) is 4.90 Å². The molecule has 7 heteroatoms. The Morgan fingerprint density at radius 2 is 1.88 bits per heavy atom. The highest BCUT2D eigenvalue weighted by atomic mass is 16.2. The van der Waals surface area contributed by atoms with Gasteiger partial charge in [-0.15, -0.1) is 0 Å². The molecule has 2 saturated heterocycles. The van der Waals surface area contributed by atoms with E-state index in [9.17, 15) is 4.79 Å². The van der Waals surface area contributed by atoms with Gasteiger partial charge in [-0.2, -0.15) is 0 Å². The van der Waals surface area contributed by atoms with Gasteiger partial charge in [-0.1, -0.05) is 0 Å². The standard InChI is InChI=1S/C25H30N6O/c1-18-11-24-26-5-6-30(24)17-23(18)29-9-7-28(8-10-29)13-19-14-31(15-19)21-3-4-22-20(12-21)16-27(2)25(22)32/h3-6,11-12,17,19H,7-10,13-16H2,1-2H3. The van der Waals surface area contributed by atoms with E-state index in [-0.39, 0.29) is 5.91 Å². The van der Waals surface area contributed by atoms with Gasteiger partial charge < -0.3 is 19.1 Å². The average Bonchev–Trinajstić information content (AvgIpc) is 3.33. The first-order valence-electron chi connectivity index (χ1n) is 11.6. The van der Waals surface area contributed by atoms with Gasteiger partial charge in [-0.3, -0.25) is 9.69 Å². The lowest BCUT2D eigenvalue weighted by Crippen LogP contribution is -2.55. The van der Waals surface area contributed by atoms with Crippen molar-refractivity contribution >= 4 is 22.9 Å². The summed E-state index contributed by atoms with van der Waals surface area (Å²) in [5, 5.41) is 0. The maximum absolute atomic E-state index is 12.1. The summed E-state index contributed by atoms with van der Waals surface area (Å²) >= 11 is 0. The molecule has 6 rings (SSSR count). The van der Waals surface area contributed by atoms with E-state index >= 15 is 0 Å². The normalized spacial score (nSPS) is 19.7. The Morgan fingerprint density at radius 3 is 2.69 bits per heavy atom. The summed E-state index contributed by atoms with van der Waals surface area (Å²) in [6.07, 6.45) is 6.10. The van der Waals surface area contributed by atoms with Crippen LogP contribution < -0.4 is 9.80 Å².